The van der Waals surface area contributed by atoms with E-state index in [1.165, 1.54) is 6.39 Å². The molecule has 1 aromatic heterocycles. The molecule has 0 bridgehead atoms. The summed E-state index contributed by atoms with van der Waals surface area (Å²) in [6.07, 6.45) is 2.41. The number of nitrogens with zero attached hydrogens (tertiary/aromatic N) is 1. The molecule has 3 amide bonds. The summed E-state index contributed by atoms with van der Waals surface area (Å²) in [5.74, 6) is 0.661. The molecule has 0 unspecified atom stereocenters. The number of nitrogens with one attached hydrogen (secondary N) is 3. The zero-order valence-electron chi connectivity index (χ0n) is 17.9. The van der Waals surface area contributed by atoms with Crippen molar-refractivity contribution in [2.24, 2.45) is 0 Å². The molecular weight excluding hydrogens is 412 g/mol. The van der Waals surface area contributed by atoms with E-state index in [0.29, 0.717) is 23.6 Å². The predicted octanol–water partition coefficient (Wildman–Crippen LogP) is 4.29. The average Bonchev–Trinajstić information content (AvgIpc) is 3.31. The molecular formula is C23H26N4O5. The lowest BCUT2D eigenvalue weighted by Gasteiger charge is -2.14. The molecule has 0 spiro atoms. The van der Waals surface area contributed by atoms with Gasteiger partial charge in [-0.05, 0) is 54.8 Å². The van der Waals surface area contributed by atoms with Gasteiger partial charge in [0.05, 0.1) is 12.8 Å². The van der Waals surface area contributed by atoms with Crippen LogP contribution in [0.3, 0.4) is 0 Å². The van der Waals surface area contributed by atoms with Gasteiger partial charge in [-0.1, -0.05) is 19.1 Å². The van der Waals surface area contributed by atoms with Crippen LogP contribution in [0, 0.1) is 6.92 Å². The monoisotopic (exact) mass is 438 g/mol. The Morgan fingerprint density at radius 3 is 2.59 bits per heavy atom. The molecule has 0 aliphatic rings. The first-order chi connectivity index (χ1) is 15.5. The van der Waals surface area contributed by atoms with Crippen LogP contribution in [0.4, 0.5) is 21.0 Å². The molecule has 4 N–H and O–H groups in total. The first-order valence-electron chi connectivity index (χ1n) is 10.2. The van der Waals surface area contributed by atoms with Crippen molar-refractivity contribution < 1.29 is 23.8 Å². The first kappa shape index (κ1) is 22.8. The Balaban J connectivity index is 1.54. The van der Waals surface area contributed by atoms with Crippen LogP contribution in [0.1, 0.15) is 24.5 Å². The third-order valence-corrected chi connectivity index (χ3v) is 4.74. The maximum absolute atomic E-state index is 12.4. The lowest BCUT2D eigenvalue weighted by atomic mass is 10.1. The van der Waals surface area contributed by atoms with E-state index < -0.39 is 18.2 Å². The minimum atomic E-state index is -0.605. The van der Waals surface area contributed by atoms with Gasteiger partial charge >= 0.3 is 12.1 Å². The van der Waals surface area contributed by atoms with Gasteiger partial charge in [-0.15, -0.1) is 0 Å². The third kappa shape index (κ3) is 6.32. The van der Waals surface area contributed by atoms with Crippen LogP contribution in [0.15, 0.2) is 59.5 Å². The number of carbonyl (C=O) groups is 2. The fourth-order valence-electron chi connectivity index (χ4n) is 3.04. The highest BCUT2D eigenvalue weighted by atomic mass is 16.6. The Kier molecular flexibility index (Phi) is 7.82. The SMILES string of the molecule is CC[C@H](CO)OC(=O)NCc1cccc(NC(=O)Nc2ccc(-c3cnco3)c(C)c2)c1. The van der Waals surface area contributed by atoms with Crippen molar-refractivity contribution in [1.82, 2.24) is 10.3 Å². The van der Waals surface area contributed by atoms with E-state index >= 15 is 0 Å². The molecule has 2 aromatic carbocycles. The van der Waals surface area contributed by atoms with Gasteiger partial charge in [0, 0.05) is 23.5 Å². The molecule has 0 radical (unpaired) electrons. The lowest BCUT2D eigenvalue weighted by Crippen LogP contribution is -2.30. The molecule has 3 aromatic rings. The van der Waals surface area contributed by atoms with E-state index in [2.05, 4.69) is 20.9 Å². The molecule has 1 atom stereocenters. The molecule has 0 saturated carbocycles. The van der Waals surface area contributed by atoms with Crippen LogP contribution in [-0.4, -0.2) is 34.9 Å². The minimum Gasteiger partial charge on any atom is -0.444 e. The second kappa shape index (κ2) is 11.0. The van der Waals surface area contributed by atoms with E-state index in [-0.39, 0.29) is 13.2 Å². The van der Waals surface area contributed by atoms with Crippen molar-refractivity contribution in [2.75, 3.05) is 17.2 Å². The van der Waals surface area contributed by atoms with Crippen LogP contribution < -0.4 is 16.0 Å². The Morgan fingerprint density at radius 2 is 1.94 bits per heavy atom. The number of aromatic nitrogens is 1. The van der Waals surface area contributed by atoms with Gasteiger partial charge in [0.25, 0.3) is 0 Å². The third-order valence-electron chi connectivity index (χ3n) is 4.74. The summed E-state index contributed by atoms with van der Waals surface area (Å²) in [4.78, 5) is 28.1. The van der Waals surface area contributed by atoms with Gasteiger partial charge in [-0.2, -0.15) is 0 Å². The Bertz CT molecular complexity index is 1050. The maximum Gasteiger partial charge on any atom is 0.407 e. The van der Waals surface area contributed by atoms with Gasteiger partial charge in [-0.3, -0.25) is 0 Å². The number of oxazole rings is 1. The summed E-state index contributed by atoms with van der Waals surface area (Å²) < 4.78 is 10.4. The number of hydrogen-bond donors (Lipinski definition) is 4. The second-order valence-corrected chi connectivity index (χ2v) is 7.15. The second-order valence-electron chi connectivity index (χ2n) is 7.15. The van der Waals surface area contributed by atoms with E-state index in [1.54, 1.807) is 30.5 Å². The molecule has 0 aliphatic carbocycles. The van der Waals surface area contributed by atoms with Crippen molar-refractivity contribution in [1.29, 1.82) is 0 Å². The normalized spacial score (nSPS) is 11.5. The van der Waals surface area contributed by atoms with E-state index in [9.17, 15) is 9.59 Å². The molecule has 0 saturated heterocycles. The van der Waals surface area contributed by atoms with Gasteiger partial charge < -0.3 is 30.2 Å². The molecule has 1 heterocycles. The highest BCUT2D eigenvalue weighted by molar-refractivity contribution is 6.00. The number of rotatable bonds is 8. The average molecular weight is 438 g/mol. The Labute approximate surface area is 185 Å². The van der Waals surface area contributed by atoms with Gasteiger partial charge in [-0.25, -0.2) is 14.6 Å². The van der Waals surface area contributed by atoms with Gasteiger partial charge in [0.2, 0.25) is 0 Å². The number of aryl methyl sites for hydroxylation is 1. The molecule has 0 fully saturated rings. The molecule has 168 valence electrons. The number of ether oxygens (including phenoxy) is 1. The van der Waals surface area contributed by atoms with Crippen LogP contribution in [0.5, 0.6) is 0 Å². The van der Waals surface area contributed by atoms with Crippen LogP contribution in [0.2, 0.25) is 0 Å². The van der Waals surface area contributed by atoms with Crippen molar-refractivity contribution in [3.05, 3.63) is 66.2 Å². The predicted molar refractivity (Wildman–Crippen MR) is 120 cm³/mol. The summed E-state index contributed by atoms with van der Waals surface area (Å²) in [7, 11) is 0. The largest absolute Gasteiger partial charge is 0.444 e. The first-order valence-corrected chi connectivity index (χ1v) is 10.2. The number of carbonyl (C=O) groups excluding carboxylic acids is 2. The van der Waals surface area contributed by atoms with Crippen LogP contribution in [0.25, 0.3) is 11.3 Å². The fourth-order valence-corrected chi connectivity index (χ4v) is 3.04. The molecule has 9 heteroatoms. The van der Waals surface area contributed by atoms with Crippen molar-refractivity contribution in [3.8, 4) is 11.3 Å². The van der Waals surface area contributed by atoms with Crippen molar-refractivity contribution in [3.63, 3.8) is 0 Å². The molecule has 0 aliphatic heterocycles. The van der Waals surface area contributed by atoms with Gasteiger partial charge in [0.1, 0.15) is 6.10 Å². The number of urea groups is 1. The smallest absolute Gasteiger partial charge is 0.407 e. The number of aliphatic hydroxyl groups excluding tert-OH is 1. The number of aliphatic hydroxyl groups is 1. The van der Waals surface area contributed by atoms with Crippen molar-refractivity contribution >= 4 is 23.5 Å². The zero-order chi connectivity index (χ0) is 22.9. The Hall–Kier alpha value is -3.85. The topological polar surface area (TPSA) is 126 Å². The minimum absolute atomic E-state index is 0.221. The maximum atomic E-state index is 12.4. The lowest BCUT2D eigenvalue weighted by molar-refractivity contribution is 0.0553. The summed E-state index contributed by atoms with van der Waals surface area (Å²) in [5.41, 5.74) is 3.83. The number of hydrogen-bond acceptors (Lipinski definition) is 6. The zero-order valence-corrected chi connectivity index (χ0v) is 17.9. The summed E-state index contributed by atoms with van der Waals surface area (Å²) in [5, 5.41) is 17.3. The number of alkyl carbamates (subject to hydrolysis) is 1. The number of anilines is 2. The summed E-state index contributed by atoms with van der Waals surface area (Å²) in [6.45, 7) is 3.74. The van der Waals surface area contributed by atoms with Crippen LogP contribution >= 0.6 is 0 Å². The van der Waals surface area contributed by atoms with Gasteiger partial charge in [0.15, 0.2) is 12.2 Å². The van der Waals surface area contributed by atoms with Crippen molar-refractivity contribution in [2.45, 2.75) is 32.9 Å². The standard InChI is InChI=1S/C23H26N4O5/c1-3-19(13-28)32-23(30)25-11-16-5-4-6-17(10-16)26-22(29)27-18-7-8-20(15(2)9-18)21-12-24-14-31-21/h4-10,12,14,19,28H,3,11,13H2,1-2H3,(H,25,30)(H2,26,27,29)/t19-/m1/s1. The van der Waals surface area contributed by atoms with E-state index in [1.807, 2.05) is 32.0 Å². The number of benzene rings is 2. The fraction of sp³-hybridized carbons (Fsp3) is 0.261. The summed E-state index contributed by atoms with van der Waals surface area (Å²) >= 11 is 0. The van der Waals surface area contributed by atoms with Crippen LogP contribution in [-0.2, 0) is 11.3 Å². The number of amides is 3. The van der Waals surface area contributed by atoms with E-state index in [4.69, 9.17) is 14.3 Å². The molecule has 3 rings (SSSR count). The quantitative estimate of drug-likeness (QED) is 0.416. The summed E-state index contributed by atoms with van der Waals surface area (Å²) in [6, 6.07) is 12.2. The van der Waals surface area contributed by atoms with E-state index in [0.717, 1.165) is 16.7 Å². The Morgan fingerprint density at radius 1 is 1.16 bits per heavy atom. The highest BCUT2D eigenvalue weighted by Crippen LogP contribution is 2.25. The molecule has 9 nitrogen and oxygen atoms in total. The molecule has 32 heavy (non-hydrogen) atoms. The highest BCUT2D eigenvalue weighted by Gasteiger charge is 2.11.